The van der Waals surface area contributed by atoms with Gasteiger partial charge in [-0.05, 0) is 54.1 Å². The molecule has 0 radical (unpaired) electrons. The van der Waals surface area contributed by atoms with E-state index in [1.165, 1.54) is 22.8 Å². The predicted molar refractivity (Wildman–Crippen MR) is 111 cm³/mol. The number of pyridine rings is 1. The largest absolute Gasteiger partial charge is 0.463 e. The summed E-state index contributed by atoms with van der Waals surface area (Å²) >= 11 is 0. The van der Waals surface area contributed by atoms with Gasteiger partial charge in [-0.3, -0.25) is 9.36 Å². The number of hydrogen-bond donors (Lipinski definition) is 0. The molecule has 4 rings (SSSR count). The normalized spacial score (nSPS) is 10.6. The van der Waals surface area contributed by atoms with E-state index >= 15 is 0 Å². The maximum Gasteiger partial charge on any atom is 0.258 e. The van der Waals surface area contributed by atoms with Crippen molar-refractivity contribution in [3.63, 3.8) is 0 Å². The smallest absolute Gasteiger partial charge is 0.258 e. The summed E-state index contributed by atoms with van der Waals surface area (Å²) in [4.78, 5) is 12.8. The zero-order valence-electron chi connectivity index (χ0n) is 15.8. The van der Waals surface area contributed by atoms with Crippen LogP contribution in [-0.4, -0.2) is 11.4 Å². The quantitative estimate of drug-likeness (QED) is 0.411. The van der Waals surface area contributed by atoms with E-state index < -0.39 is 6.86 Å². The van der Waals surface area contributed by atoms with Crippen LogP contribution in [0.4, 0.5) is 8.78 Å². The first-order valence-corrected chi connectivity index (χ1v) is 9.19. The van der Waals surface area contributed by atoms with Gasteiger partial charge in [0, 0.05) is 23.5 Å². The highest BCUT2D eigenvalue weighted by molar-refractivity contribution is 5.70. The van der Waals surface area contributed by atoms with Crippen LogP contribution in [-0.2, 0) is 0 Å². The predicted octanol–water partition coefficient (Wildman–Crippen LogP) is 5.74. The van der Waals surface area contributed by atoms with Crippen LogP contribution < -0.4 is 15.0 Å². The highest BCUT2D eigenvalue weighted by atomic mass is 19.1. The Morgan fingerprint density at radius 3 is 2.20 bits per heavy atom. The number of alkyl halides is 1. The Bertz CT molecular complexity index is 1190. The average Bonchev–Trinajstić information content (AvgIpc) is 2.76. The van der Waals surface area contributed by atoms with Crippen molar-refractivity contribution in [2.24, 2.45) is 0 Å². The average molecular weight is 405 g/mol. The number of hydrogen-bond acceptors (Lipinski definition) is 3. The molecule has 0 amide bonds. The monoisotopic (exact) mass is 405 g/mol. The summed E-state index contributed by atoms with van der Waals surface area (Å²) in [5, 5.41) is 0. The SMILES string of the molecule is O=c1cc(Oc2ccccc2)c(-c2ccc(F)cc2)cn1-c1ccc(OCF)cc1. The zero-order valence-corrected chi connectivity index (χ0v) is 15.8. The fraction of sp³-hybridized carbons (Fsp3) is 0.0417. The van der Waals surface area contributed by atoms with Crippen LogP contribution in [0.2, 0.25) is 0 Å². The van der Waals surface area contributed by atoms with Gasteiger partial charge in [0.05, 0.1) is 0 Å². The van der Waals surface area contributed by atoms with E-state index in [9.17, 15) is 13.6 Å². The first-order chi connectivity index (χ1) is 14.6. The summed E-state index contributed by atoms with van der Waals surface area (Å²) in [6.07, 6.45) is 1.64. The lowest BCUT2D eigenvalue weighted by atomic mass is 10.1. The van der Waals surface area contributed by atoms with Crippen LogP contribution in [0.5, 0.6) is 17.2 Å². The highest BCUT2D eigenvalue weighted by Crippen LogP contribution is 2.33. The lowest BCUT2D eigenvalue weighted by Crippen LogP contribution is -2.17. The molecule has 0 fully saturated rings. The van der Waals surface area contributed by atoms with Crippen molar-refractivity contribution in [1.82, 2.24) is 4.57 Å². The van der Waals surface area contributed by atoms with Gasteiger partial charge in [-0.1, -0.05) is 30.3 Å². The van der Waals surface area contributed by atoms with Crippen molar-refractivity contribution in [3.8, 4) is 34.1 Å². The number of rotatable bonds is 6. The maximum absolute atomic E-state index is 13.4. The Morgan fingerprint density at radius 2 is 1.53 bits per heavy atom. The molecule has 0 unspecified atom stereocenters. The van der Waals surface area contributed by atoms with Gasteiger partial charge < -0.3 is 9.47 Å². The molecule has 0 N–H and O–H groups in total. The molecule has 0 spiro atoms. The van der Waals surface area contributed by atoms with E-state index in [0.717, 1.165) is 0 Å². The van der Waals surface area contributed by atoms with Gasteiger partial charge in [0.25, 0.3) is 5.56 Å². The molecule has 4 aromatic rings. The van der Waals surface area contributed by atoms with E-state index in [2.05, 4.69) is 0 Å². The van der Waals surface area contributed by atoms with E-state index in [0.29, 0.717) is 34.1 Å². The molecule has 150 valence electrons. The summed E-state index contributed by atoms with van der Waals surface area (Å²) in [7, 11) is 0. The fourth-order valence-corrected chi connectivity index (χ4v) is 3.03. The van der Waals surface area contributed by atoms with Crippen molar-refractivity contribution in [3.05, 3.63) is 107 Å². The standard InChI is InChI=1S/C24H17F2NO3/c25-16-29-20-12-10-19(11-13-20)27-15-22(17-6-8-18(26)9-7-17)23(14-24(27)28)30-21-4-2-1-3-5-21/h1-15H,16H2. The van der Waals surface area contributed by atoms with E-state index in [4.69, 9.17) is 9.47 Å². The van der Waals surface area contributed by atoms with Gasteiger partial charge in [-0.2, -0.15) is 0 Å². The fourth-order valence-electron chi connectivity index (χ4n) is 3.03. The molecule has 0 aliphatic carbocycles. The number of benzene rings is 3. The summed E-state index contributed by atoms with van der Waals surface area (Å²) in [6.45, 7) is -0.931. The Morgan fingerprint density at radius 1 is 0.833 bits per heavy atom. The third kappa shape index (κ3) is 4.22. The third-order valence-corrected chi connectivity index (χ3v) is 4.48. The van der Waals surface area contributed by atoms with Gasteiger partial charge >= 0.3 is 0 Å². The number of aromatic nitrogens is 1. The molecule has 0 aliphatic rings. The summed E-state index contributed by atoms with van der Waals surface area (Å²) in [5.41, 5.74) is 1.56. The summed E-state index contributed by atoms with van der Waals surface area (Å²) in [6, 6.07) is 22.9. The van der Waals surface area contributed by atoms with Gasteiger partial charge in [0.2, 0.25) is 6.86 Å². The molecule has 0 bridgehead atoms. The van der Waals surface area contributed by atoms with Crippen molar-refractivity contribution < 1.29 is 18.3 Å². The van der Waals surface area contributed by atoms with Gasteiger partial charge in [0.15, 0.2) is 0 Å². The number of para-hydroxylation sites is 1. The molecular formula is C24H17F2NO3. The Kier molecular flexibility index (Phi) is 5.57. The molecule has 0 saturated heterocycles. The van der Waals surface area contributed by atoms with Gasteiger partial charge in [-0.15, -0.1) is 0 Å². The van der Waals surface area contributed by atoms with E-state index in [1.807, 2.05) is 18.2 Å². The van der Waals surface area contributed by atoms with Crippen LogP contribution in [0.25, 0.3) is 16.8 Å². The second kappa shape index (κ2) is 8.61. The minimum absolute atomic E-state index is 0.314. The summed E-state index contributed by atoms with van der Waals surface area (Å²) in [5.74, 6) is 0.926. The topological polar surface area (TPSA) is 40.5 Å². The molecule has 4 nitrogen and oxygen atoms in total. The Labute approximate surface area is 171 Å². The van der Waals surface area contributed by atoms with Gasteiger partial charge in [-0.25, -0.2) is 8.78 Å². The van der Waals surface area contributed by atoms with Crippen molar-refractivity contribution in [2.75, 3.05) is 6.86 Å². The van der Waals surface area contributed by atoms with Crippen LogP contribution in [0.3, 0.4) is 0 Å². The lowest BCUT2D eigenvalue weighted by Gasteiger charge is -2.15. The molecule has 1 aromatic heterocycles. The third-order valence-electron chi connectivity index (χ3n) is 4.48. The molecule has 0 aliphatic heterocycles. The first kappa shape index (κ1) is 19.4. The second-order valence-electron chi connectivity index (χ2n) is 6.43. The zero-order chi connectivity index (χ0) is 20.9. The number of halogens is 2. The molecule has 6 heteroatoms. The molecule has 3 aromatic carbocycles. The summed E-state index contributed by atoms with van der Waals surface area (Å²) < 4.78 is 38.0. The van der Waals surface area contributed by atoms with Crippen LogP contribution in [0.1, 0.15) is 0 Å². The van der Waals surface area contributed by atoms with Crippen molar-refractivity contribution in [2.45, 2.75) is 0 Å². The molecule has 0 atom stereocenters. The minimum Gasteiger partial charge on any atom is -0.463 e. The van der Waals surface area contributed by atoms with E-state index in [-0.39, 0.29) is 11.4 Å². The van der Waals surface area contributed by atoms with Gasteiger partial charge in [0.1, 0.15) is 23.1 Å². The first-order valence-electron chi connectivity index (χ1n) is 9.19. The van der Waals surface area contributed by atoms with Crippen molar-refractivity contribution >= 4 is 0 Å². The number of ether oxygens (including phenoxy) is 2. The molecule has 30 heavy (non-hydrogen) atoms. The van der Waals surface area contributed by atoms with E-state index in [1.54, 1.807) is 54.7 Å². The van der Waals surface area contributed by atoms with Crippen LogP contribution >= 0.6 is 0 Å². The molecule has 1 heterocycles. The van der Waals surface area contributed by atoms with Crippen LogP contribution in [0, 0.1) is 5.82 Å². The highest BCUT2D eigenvalue weighted by Gasteiger charge is 2.13. The molecular weight excluding hydrogens is 388 g/mol. The Hall–Kier alpha value is -3.93. The second-order valence-corrected chi connectivity index (χ2v) is 6.43. The van der Waals surface area contributed by atoms with Crippen molar-refractivity contribution in [1.29, 1.82) is 0 Å². The molecule has 0 saturated carbocycles. The Balaban J connectivity index is 1.82. The lowest BCUT2D eigenvalue weighted by molar-refractivity contribution is 0.192. The number of nitrogens with zero attached hydrogens (tertiary/aromatic N) is 1. The maximum atomic E-state index is 13.4. The minimum atomic E-state index is -0.931. The van der Waals surface area contributed by atoms with Crippen LogP contribution in [0.15, 0.2) is 95.9 Å².